The lowest BCUT2D eigenvalue weighted by Crippen LogP contribution is -2.41. The van der Waals surface area contributed by atoms with Crippen molar-refractivity contribution in [2.75, 3.05) is 27.7 Å². The van der Waals surface area contributed by atoms with Crippen molar-refractivity contribution in [3.05, 3.63) is 71.5 Å². The minimum absolute atomic E-state index is 0.0951. The summed E-state index contributed by atoms with van der Waals surface area (Å²) in [6.45, 7) is 0.866. The van der Waals surface area contributed by atoms with Crippen LogP contribution in [0.1, 0.15) is 17.2 Å². The van der Waals surface area contributed by atoms with Crippen molar-refractivity contribution in [3.63, 3.8) is 0 Å². The number of nitrogens with one attached hydrogen (secondary N) is 1. The number of likely N-dealkylation sites (N-methyl/N-ethyl adjacent to an activating group) is 1. The Morgan fingerprint density at radius 3 is 2.42 bits per heavy atom. The minimum Gasteiger partial charge on any atom is -0.336 e. The van der Waals surface area contributed by atoms with Crippen LogP contribution in [0.25, 0.3) is 0 Å². The highest BCUT2D eigenvalue weighted by Gasteiger charge is 2.16. The zero-order chi connectivity index (χ0) is 17.5. The van der Waals surface area contributed by atoms with Crippen molar-refractivity contribution >= 4 is 6.03 Å². The molecule has 0 fully saturated rings. The molecular weight excluding hydrogens is 305 g/mol. The molecule has 2 aromatic rings. The van der Waals surface area contributed by atoms with E-state index in [4.69, 9.17) is 0 Å². The summed E-state index contributed by atoms with van der Waals surface area (Å²) in [7, 11) is 5.67. The first-order chi connectivity index (χ1) is 11.5. The van der Waals surface area contributed by atoms with Crippen molar-refractivity contribution in [2.24, 2.45) is 0 Å². The number of rotatable bonds is 6. The number of carbonyl (C=O) groups excluding carboxylic acids is 1. The molecule has 5 heteroatoms. The quantitative estimate of drug-likeness (QED) is 0.883. The molecule has 0 aromatic heterocycles. The molecule has 1 N–H and O–H groups in total. The van der Waals surface area contributed by atoms with E-state index in [0.717, 1.165) is 11.1 Å². The fourth-order valence-electron chi connectivity index (χ4n) is 2.57. The molecule has 0 aliphatic rings. The average Bonchev–Trinajstić information content (AvgIpc) is 2.55. The van der Waals surface area contributed by atoms with Crippen LogP contribution in [0, 0.1) is 5.82 Å². The Morgan fingerprint density at radius 1 is 1.08 bits per heavy atom. The number of amides is 2. The fourth-order valence-corrected chi connectivity index (χ4v) is 2.57. The summed E-state index contributed by atoms with van der Waals surface area (Å²) in [5.41, 5.74) is 1.91. The molecule has 0 heterocycles. The van der Waals surface area contributed by atoms with Crippen LogP contribution in [0.3, 0.4) is 0 Å². The zero-order valence-corrected chi connectivity index (χ0v) is 14.4. The van der Waals surface area contributed by atoms with Crippen LogP contribution in [-0.4, -0.2) is 43.5 Å². The van der Waals surface area contributed by atoms with E-state index in [0.29, 0.717) is 13.1 Å². The molecule has 0 saturated carbocycles. The van der Waals surface area contributed by atoms with E-state index in [-0.39, 0.29) is 17.9 Å². The van der Waals surface area contributed by atoms with Crippen LogP contribution in [0.15, 0.2) is 54.6 Å². The number of halogens is 1. The molecule has 128 valence electrons. The summed E-state index contributed by atoms with van der Waals surface area (Å²) in [4.78, 5) is 15.9. The van der Waals surface area contributed by atoms with Gasteiger partial charge in [-0.1, -0.05) is 42.5 Å². The summed E-state index contributed by atoms with van der Waals surface area (Å²) in [5.74, 6) is -0.293. The Hall–Kier alpha value is -2.40. The first-order valence-electron chi connectivity index (χ1n) is 7.92. The van der Waals surface area contributed by atoms with Gasteiger partial charge in [-0.05, 0) is 37.4 Å². The molecule has 2 rings (SSSR count). The molecule has 2 amide bonds. The second-order valence-corrected chi connectivity index (χ2v) is 6.06. The summed E-state index contributed by atoms with van der Waals surface area (Å²) in [6, 6.07) is 16.3. The van der Waals surface area contributed by atoms with E-state index >= 15 is 0 Å². The number of hydrogen-bond acceptors (Lipinski definition) is 2. The highest BCUT2D eigenvalue weighted by atomic mass is 19.1. The predicted molar refractivity (Wildman–Crippen MR) is 94.1 cm³/mol. The highest BCUT2D eigenvalue weighted by molar-refractivity contribution is 5.73. The predicted octanol–water partition coefficient (Wildman–Crippen LogP) is 3.27. The Kier molecular flexibility index (Phi) is 6.32. The lowest BCUT2D eigenvalue weighted by molar-refractivity contribution is 0.200. The zero-order valence-electron chi connectivity index (χ0n) is 14.4. The molecule has 1 unspecified atom stereocenters. The van der Waals surface area contributed by atoms with Crippen LogP contribution < -0.4 is 5.32 Å². The van der Waals surface area contributed by atoms with E-state index in [1.54, 1.807) is 24.1 Å². The summed E-state index contributed by atoms with van der Waals surface area (Å²) < 4.78 is 13.2. The molecule has 0 radical (unpaired) electrons. The number of urea groups is 1. The SMILES string of the molecule is CN(Cc1cccc(F)c1)C(=O)NCC(c1ccccc1)N(C)C. The van der Waals surface area contributed by atoms with Crippen LogP contribution in [0.4, 0.5) is 9.18 Å². The monoisotopic (exact) mass is 329 g/mol. The maximum atomic E-state index is 13.2. The maximum Gasteiger partial charge on any atom is 0.317 e. The lowest BCUT2D eigenvalue weighted by Gasteiger charge is -2.26. The molecule has 2 aromatic carbocycles. The van der Waals surface area contributed by atoms with Gasteiger partial charge in [-0.3, -0.25) is 0 Å². The van der Waals surface area contributed by atoms with Gasteiger partial charge in [0, 0.05) is 20.1 Å². The number of hydrogen-bond donors (Lipinski definition) is 1. The van der Waals surface area contributed by atoms with Crippen molar-refractivity contribution in [1.29, 1.82) is 0 Å². The Bertz CT molecular complexity index is 661. The van der Waals surface area contributed by atoms with E-state index in [9.17, 15) is 9.18 Å². The van der Waals surface area contributed by atoms with Crippen LogP contribution in [-0.2, 0) is 6.54 Å². The second-order valence-electron chi connectivity index (χ2n) is 6.06. The minimum atomic E-state index is -0.293. The summed E-state index contributed by atoms with van der Waals surface area (Å²) in [6.07, 6.45) is 0. The van der Waals surface area contributed by atoms with Crippen molar-refractivity contribution in [3.8, 4) is 0 Å². The van der Waals surface area contributed by atoms with Gasteiger partial charge < -0.3 is 15.1 Å². The third kappa shape index (κ3) is 5.06. The molecule has 4 nitrogen and oxygen atoms in total. The molecule has 24 heavy (non-hydrogen) atoms. The number of benzene rings is 2. The van der Waals surface area contributed by atoms with Gasteiger partial charge in [0.1, 0.15) is 5.82 Å². The smallest absolute Gasteiger partial charge is 0.317 e. The van der Waals surface area contributed by atoms with Gasteiger partial charge in [0.05, 0.1) is 6.04 Å². The topological polar surface area (TPSA) is 35.6 Å². The standard InChI is InChI=1S/C19H24FN3O/c1-22(2)18(16-9-5-4-6-10-16)13-21-19(24)23(3)14-15-8-7-11-17(20)12-15/h4-12,18H,13-14H2,1-3H3,(H,21,24). The summed E-state index contributed by atoms with van der Waals surface area (Å²) >= 11 is 0. The second kappa shape index (κ2) is 8.45. The van der Waals surface area contributed by atoms with Gasteiger partial charge in [0.25, 0.3) is 0 Å². The average molecular weight is 329 g/mol. The van der Waals surface area contributed by atoms with Crippen LogP contribution in [0.2, 0.25) is 0 Å². The maximum absolute atomic E-state index is 13.2. The molecule has 0 aliphatic carbocycles. The van der Waals surface area contributed by atoms with E-state index in [1.165, 1.54) is 12.1 Å². The molecule has 0 bridgehead atoms. The van der Waals surface area contributed by atoms with Crippen molar-refractivity contribution in [2.45, 2.75) is 12.6 Å². The Balaban J connectivity index is 1.93. The Labute approximate surface area is 142 Å². The first-order valence-corrected chi connectivity index (χ1v) is 7.92. The third-order valence-corrected chi connectivity index (χ3v) is 3.91. The van der Waals surface area contributed by atoms with Crippen molar-refractivity contribution in [1.82, 2.24) is 15.1 Å². The highest BCUT2D eigenvalue weighted by Crippen LogP contribution is 2.16. The van der Waals surface area contributed by atoms with Gasteiger partial charge in [0.2, 0.25) is 0 Å². The van der Waals surface area contributed by atoms with Gasteiger partial charge in [-0.25, -0.2) is 9.18 Å². The lowest BCUT2D eigenvalue weighted by atomic mass is 10.1. The normalized spacial score (nSPS) is 12.0. The van der Waals surface area contributed by atoms with E-state index in [2.05, 4.69) is 10.2 Å². The molecule has 1 atom stereocenters. The van der Waals surface area contributed by atoms with Gasteiger partial charge >= 0.3 is 6.03 Å². The molecule has 0 saturated heterocycles. The Morgan fingerprint density at radius 2 is 1.79 bits per heavy atom. The van der Waals surface area contributed by atoms with Crippen molar-refractivity contribution < 1.29 is 9.18 Å². The van der Waals surface area contributed by atoms with Gasteiger partial charge in [0.15, 0.2) is 0 Å². The number of carbonyl (C=O) groups is 1. The molecular formula is C19H24FN3O. The van der Waals surface area contributed by atoms with E-state index < -0.39 is 0 Å². The summed E-state index contributed by atoms with van der Waals surface area (Å²) in [5, 5.41) is 2.95. The van der Waals surface area contributed by atoms with Crippen LogP contribution >= 0.6 is 0 Å². The van der Waals surface area contributed by atoms with Gasteiger partial charge in [-0.15, -0.1) is 0 Å². The molecule has 0 spiro atoms. The third-order valence-electron chi connectivity index (χ3n) is 3.91. The fraction of sp³-hybridized carbons (Fsp3) is 0.316. The van der Waals surface area contributed by atoms with E-state index in [1.807, 2.05) is 44.4 Å². The largest absolute Gasteiger partial charge is 0.336 e. The first kappa shape index (κ1) is 17.9. The van der Waals surface area contributed by atoms with Crippen LogP contribution in [0.5, 0.6) is 0 Å². The molecule has 0 aliphatic heterocycles. The number of nitrogens with zero attached hydrogens (tertiary/aromatic N) is 2. The van der Waals surface area contributed by atoms with Gasteiger partial charge in [-0.2, -0.15) is 0 Å².